The molecular formula is C15H9N5O6S2. The first-order chi connectivity index (χ1) is 13.3. The molecule has 1 fully saturated rings. The Morgan fingerprint density at radius 1 is 1.04 bits per heavy atom. The van der Waals surface area contributed by atoms with Crippen LogP contribution in [0, 0.1) is 20.8 Å². The van der Waals surface area contributed by atoms with Crippen LogP contribution in [0.1, 0.15) is 17.0 Å². The van der Waals surface area contributed by atoms with E-state index in [0.29, 0.717) is 0 Å². The van der Waals surface area contributed by atoms with Crippen LogP contribution in [0.4, 0.5) is 5.69 Å². The van der Waals surface area contributed by atoms with Crippen LogP contribution < -0.4 is 20.9 Å². The molecule has 3 heterocycles. The van der Waals surface area contributed by atoms with Crippen molar-refractivity contribution in [2.45, 2.75) is 5.92 Å². The Morgan fingerprint density at radius 3 is 2.36 bits per heavy atom. The first-order valence-electron chi connectivity index (χ1n) is 7.74. The van der Waals surface area contributed by atoms with E-state index < -0.39 is 34.1 Å². The quantitative estimate of drug-likeness (QED) is 0.240. The first-order valence-corrected chi connectivity index (χ1v) is 8.56. The van der Waals surface area contributed by atoms with Gasteiger partial charge in [-0.1, -0.05) is 0 Å². The predicted molar refractivity (Wildman–Crippen MR) is 99.6 cm³/mol. The third-order valence-corrected chi connectivity index (χ3v) is 4.79. The zero-order valence-corrected chi connectivity index (χ0v) is 15.2. The lowest BCUT2D eigenvalue weighted by Gasteiger charge is -2.33. The molecule has 2 aliphatic rings. The van der Waals surface area contributed by atoms with Gasteiger partial charge >= 0.3 is 0 Å². The number of nitro groups is 1. The van der Waals surface area contributed by atoms with Crippen LogP contribution in [0.25, 0.3) is 0 Å². The number of amides is 2. The molecule has 4 rings (SSSR count). The minimum atomic E-state index is -1.42. The van der Waals surface area contributed by atoms with Gasteiger partial charge in [0.05, 0.1) is 10.5 Å². The fourth-order valence-corrected chi connectivity index (χ4v) is 3.65. The summed E-state index contributed by atoms with van der Waals surface area (Å²) in [6, 6.07) is 3.70. The van der Waals surface area contributed by atoms with Crippen molar-refractivity contribution in [3.8, 4) is 11.6 Å². The second-order valence-electron chi connectivity index (χ2n) is 6.00. The molecule has 0 bridgehead atoms. The zero-order valence-electron chi connectivity index (χ0n) is 13.6. The summed E-state index contributed by atoms with van der Waals surface area (Å²) in [5, 5.41) is 15.7. The van der Waals surface area contributed by atoms with Gasteiger partial charge in [0, 0.05) is 23.6 Å². The number of aromatic amines is 2. The van der Waals surface area contributed by atoms with Crippen LogP contribution >= 0.6 is 24.4 Å². The van der Waals surface area contributed by atoms with Crippen molar-refractivity contribution in [1.82, 2.24) is 20.6 Å². The number of hydrogen-bond donors (Lipinski definition) is 4. The summed E-state index contributed by atoms with van der Waals surface area (Å²) in [6.45, 7) is 0. The van der Waals surface area contributed by atoms with Crippen LogP contribution in [0.3, 0.4) is 0 Å². The van der Waals surface area contributed by atoms with Crippen LogP contribution in [0.2, 0.25) is 0 Å². The Hall–Kier alpha value is -3.45. The minimum Gasteiger partial charge on any atom is -0.440 e. The molecule has 2 amide bonds. The Morgan fingerprint density at radius 2 is 1.71 bits per heavy atom. The number of nitrogens with one attached hydrogen (secondary N) is 4. The predicted octanol–water partition coefficient (Wildman–Crippen LogP) is 0.725. The minimum absolute atomic E-state index is 0.0217. The van der Waals surface area contributed by atoms with E-state index in [1.807, 2.05) is 0 Å². The van der Waals surface area contributed by atoms with Crippen molar-refractivity contribution in [3.05, 3.63) is 54.6 Å². The summed E-state index contributed by atoms with van der Waals surface area (Å²) >= 11 is 9.74. The molecule has 11 nitrogen and oxygen atoms in total. The molecule has 0 aliphatic carbocycles. The third kappa shape index (κ3) is 2.76. The van der Waals surface area contributed by atoms with Crippen molar-refractivity contribution >= 4 is 47.0 Å². The number of nitro benzene ring substituents is 1. The van der Waals surface area contributed by atoms with Gasteiger partial charge in [-0.25, -0.2) is 0 Å². The van der Waals surface area contributed by atoms with Crippen molar-refractivity contribution < 1.29 is 19.2 Å². The number of H-pyrrole nitrogens is 2. The monoisotopic (exact) mass is 419 g/mol. The number of nitrogens with zero attached hydrogens (tertiary/aromatic N) is 1. The summed E-state index contributed by atoms with van der Waals surface area (Å²) in [5.41, 5.74) is -0.913. The normalized spacial score (nSPS) is 18.4. The van der Waals surface area contributed by atoms with E-state index in [0.717, 1.165) is 6.07 Å². The van der Waals surface area contributed by atoms with Crippen LogP contribution in [0.5, 0.6) is 11.6 Å². The maximum atomic E-state index is 12.6. The van der Waals surface area contributed by atoms with E-state index in [-0.39, 0.29) is 38.3 Å². The van der Waals surface area contributed by atoms with Gasteiger partial charge in [-0.15, -0.1) is 0 Å². The lowest BCUT2D eigenvalue weighted by molar-refractivity contribution is -0.385. The number of carbonyl (C=O) groups is 2. The topological polar surface area (TPSA) is 159 Å². The van der Waals surface area contributed by atoms with Gasteiger partial charge in [0.25, 0.3) is 11.2 Å². The molecule has 1 saturated heterocycles. The number of aromatic nitrogens is 2. The summed E-state index contributed by atoms with van der Waals surface area (Å²) in [5.74, 6) is -3.98. The molecule has 0 saturated carbocycles. The molecule has 13 heteroatoms. The highest BCUT2D eigenvalue weighted by molar-refractivity contribution is 7.80. The summed E-state index contributed by atoms with van der Waals surface area (Å²) < 4.78 is 5.61. The molecule has 1 unspecified atom stereocenters. The fraction of sp³-hybridized carbons (Fsp3) is 0.133. The Kier molecular flexibility index (Phi) is 4.05. The molecule has 2 aromatic rings. The smallest absolute Gasteiger partial charge is 0.269 e. The molecule has 0 spiro atoms. The molecule has 1 atom stereocenters. The van der Waals surface area contributed by atoms with E-state index >= 15 is 0 Å². The zero-order chi connectivity index (χ0) is 20.2. The highest BCUT2D eigenvalue weighted by atomic mass is 32.1. The summed E-state index contributed by atoms with van der Waals surface area (Å²) in [4.78, 5) is 53.3. The van der Waals surface area contributed by atoms with E-state index in [9.17, 15) is 24.5 Å². The van der Waals surface area contributed by atoms with Gasteiger partial charge in [0.15, 0.2) is 9.88 Å². The van der Waals surface area contributed by atoms with Crippen molar-refractivity contribution in [1.29, 1.82) is 0 Å². The van der Waals surface area contributed by atoms with Gasteiger partial charge in [0.2, 0.25) is 17.7 Å². The van der Waals surface area contributed by atoms with Crippen LogP contribution in [-0.4, -0.2) is 31.8 Å². The standard InChI is InChI=1S/C15H9N5O6S2/c21-10-8(11(22)17-14(27)16-10)7-5-3-4(20(24)25)1-2-6(5)26-13-9(7)12(23)18-15(28)19-13/h1-3,7-8H,(H2,18,19,23,28)(H2,16,17,21,22,27). The fourth-order valence-electron chi connectivity index (χ4n) is 3.27. The van der Waals surface area contributed by atoms with Crippen LogP contribution in [0.15, 0.2) is 23.0 Å². The number of ether oxygens (including phenoxy) is 1. The summed E-state index contributed by atoms with van der Waals surface area (Å²) in [6.07, 6.45) is 0. The number of benzene rings is 1. The van der Waals surface area contributed by atoms with Crippen LogP contribution in [-0.2, 0) is 9.59 Å². The Bertz CT molecular complexity index is 1180. The van der Waals surface area contributed by atoms with E-state index in [1.54, 1.807) is 0 Å². The number of thiocarbonyl (C=S) groups is 1. The molecule has 2 aliphatic heterocycles. The molecule has 1 aromatic heterocycles. The number of non-ortho nitro benzene ring substituents is 1. The number of fused-ring (bicyclic) bond motifs is 2. The molecule has 1 aromatic carbocycles. The van der Waals surface area contributed by atoms with Crippen molar-refractivity contribution in [2.24, 2.45) is 5.92 Å². The molecular weight excluding hydrogens is 410 g/mol. The Labute approximate surface area is 165 Å². The summed E-state index contributed by atoms with van der Waals surface area (Å²) in [7, 11) is 0. The number of carbonyl (C=O) groups excluding carboxylic acids is 2. The third-order valence-electron chi connectivity index (χ3n) is 4.38. The average molecular weight is 419 g/mol. The van der Waals surface area contributed by atoms with Gasteiger partial charge in [-0.2, -0.15) is 0 Å². The largest absolute Gasteiger partial charge is 0.440 e. The molecule has 142 valence electrons. The number of rotatable bonds is 2. The van der Waals surface area contributed by atoms with E-state index in [1.165, 1.54) is 12.1 Å². The van der Waals surface area contributed by atoms with Gasteiger partial charge in [-0.05, 0) is 30.5 Å². The second kappa shape index (κ2) is 6.31. The van der Waals surface area contributed by atoms with Crippen molar-refractivity contribution in [3.63, 3.8) is 0 Å². The lowest BCUT2D eigenvalue weighted by Crippen LogP contribution is -2.57. The van der Waals surface area contributed by atoms with Gasteiger partial charge in [0.1, 0.15) is 11.7 Å². The van der Waals surface area contributed by atoms with E-state index in [4.69, 9.17) is 29.2 Å². The lowest BCUT2D eigenvalue weighted by atomic mass is 9.78. The average Bonchev–Trinajstić information content (AvgIpc) is 2.59. The molecule has 4 N–H and O–H groups in total. The Balaban J connectivity index is 2.00. The highest BCUT2D eigenvalue weighted by Gasteiger charge is 2.46. The van der Waals surface area contributed by atoms with Crippen molar-refractivity contribution in [2.75, 3.05) is 0 Å². The maximum Gasteiger partial charge on any atom is 0.269 e. The van der Waals surface area contributed by atoms with Gasteiger partial charge < -0.3 is 20.4 Å². The number of hydrogen-bond acceptors (Lipinski definition) is 8. The molecule has 0 radical (unpaired) electrons. The second-order valence-corrected chi connectivity index (χ2v) is 6.81. The SMILES string of the molecule is O=C1NC(=S)NC(=O)C1C1c2cc([N+](=O)[O-])ccc2Oc2[nH]c(=S)[nH]c(=O)c21. The first kappa shape index (κ1) is 17.9. The maximum absolute atomic E-state index is 12.6. The highest BCUT2D eigenvalue weighted by Crippen LogP contribution is 2.46. The van der Waals surface area contributed by atoms with E-state index in [2.05, 4.69) is 20.6 Å². The molecule has 28 heavy (non-hydrogen) atoms. The van der Waals surface area contributed by atoms with Gasteiger partial charge in [-0.3, -0.25) is 29.5 Å².